The van der Waals surface area contributed by atoms with E-state index in [1.807, 2.05) is 18.2 Å². The van der Waals surface area contributed by atoms with Crippen LogP contribution in [-0.4, -0.2) is 29.4 Å². The SMILES string of the molecule is COc1coc(C(=O)N2CCc3c([nH]c4ccccc34)C2)cc1=O. The van der Waals surface area contributed by atoms with Gasteiger partial charge in [0.05, 0.1) is 13.7 Å². The second kappa shape index (κ2) is 5.56. The number of hydrogen-bond donors (Lipinski definition) is 1. The van der Waals surface area contributed by atoms with E-state index in [-0.39, 0.29) is 22.8 Å². The molecule has 1 aliphatic heterocycles. The van der Waals surface area contributed by atoms with Crippen LogP contribution in [0.25, 0.3) is 10.9 Å². The van der Waals surface area contributed by atoms with Crippen LogP contribution in [0.1, 0.15) is 21.8 Å². The Labute approximate surface area is 137 Å². The van der Waals surface area contributed by atoms with E-state index in [0.29, 0.717) is 13.1 Å². The third kappa shape index (κ3) is 2.27. The van der Waals surface area contributed by atoms with Crippen LogP contribution in [0.5, 0.6) is 5.75 Å². The van der Waals surface area contributed by atoms with E-state index in [4.69, 9.17) is 9.15 Å². The van der Waals surface area contributed by atoms with Crippen LogP contribution in [0, 0.1) is 0 Å². The Morgan fingerprint density at radius 1 is 1.33 bits per heavy atom. The molecule has 1 aromatic carbocycles. The quantitative estimate of drug-likeness (QED) is 0.785. The molecule has 0 unspecified atom stereocenters. The van der Waals surface area contributed by atoms with Gasteiger partial charge in [-0.3, -0.25) is 9.59 Å². The van der Waals surface area contributed by atoms with E-state index in [0.717, 1.165) is 17.6 Å². The minimum absolute atomic E-state index is 0.0281. The number of ether oxygens (including phenoxy) is 1. The van der Waals surface area contributed by atoms with Gasteiger partial charge in [-0.2, -0.15) is 0 Å². The number of amides is 1. The molecule has 0 radical (unpaired) electrons. The molecule has 0 fully saturated rings. The molecule has 3 heterocycles. The van der Waals surface area contributed by atoms with E-state index in [1.54, 1.807) is 4.90 Å². The smallest absolute Gasteiger partial charge is 0.290 e. The zero-order valence-electron chi connectivity index (χ0n) is 13.2. The predicted octanol–water partition coefficient (Wildman–Crippen LogP) is 2.33. The minimum Gasteiger partial charge on any atom is -0.490 e. The average Bonchev–Trinajstić information content (AvgIpc) is 2.98. The van der Waals surface area contributed by atoms with E-state index in [2.05, 4.69) is 11.1 Å². The number of nitrogens with one attached hydrogen (secondary N) is 1. The maximum atomic E-state index is 12.6. The average molecular weight is 324 g/mol. The number of hydrogen-bond acceptors (Lipinski definition) is 4. The summed E-state index contributed by atoms with van der Waals surface area (Å²) in [5.41, 5.74) is 3.00. The third-order valence-corrected chi connectivity index (χ3v) is 4.40. The molecule has 2 aromatic heterocycles. The first-order valence-electron chi connectivity index (χ1n) is 7.72. The summed E-state index contributed by atoms with van der Waals surface area (Å²) < 4.78 is 10.1. The van der Waals surface area contributed by atoms with Crippen molar-refractivity contribution >= 4 is 16.8 Å². The second-order valence-electron chi connectivity index (χ2n) is 5.78. The summed E-state index contributed by atoms with van der Waals surface area (Å²) in [5.74, 6) is -0.178. The maximum absolute atomic E-state index is 12.6. The number of aromatic nitrogens is 1. The molecule has 0 spiro atoms. The molecule has 0 bridgehead atoms. The van der Waals surface area contributed by atoms with Crippen LogP contribution in [0.2, 0.25) is 0 Å². The number of rotatable bonds is 2. The number of carbonyl (C=O) groups excluding carboxylic acids is 1. The first-order chi connectivity index (χ1) is 11.7. The predicted molar refractivity (Wildman–Crippen MR) is 88.3 cm³/mol. The molecule has 0 aliphatic carbocycles. The normalized spacial score (nSPS) is 13.8. The highest BCUT2D eigenvalue weighted by Gasteiger charge is 2.26. The minimum atomic E-state index is -0.365. The van der Waals surface area contributed by atoms with Gasteiger partial charge in [0.1, 0.15) is 6.26 Å². The third-order valence-electron chi connectivity index (χ3n) is 4.40. The number of aromatic amines is 1. The first-order valence-corrected chi connectivity index (χ1v) is 7.72. The second-order valence-corrected chi connectivity index (χ2v) is 5.78. The fraction of sp³-hybridized carbons (Fsp3) is 0.222. The zero-order valence-corrected chi connectivity index (χ0v) is 13.2. The van der Waals surface area contributed by atoms with Crippen molar-refractivity contribution in [2.24, 2.45) is 0 Å². The number of para-hydroxylation sites is 1. The zero-order chi connectivity index (χ0) is 16.7. The Morgan fingerprint density at radius 2 is 2.17 bits per heavy atom. The lowest BCUT2D eigenvalue weighted by Crippen LogP contribution is -2.36. The number of H-pyrrole nitrogens is 1. The van der Waals surface area contributed by atoms with E-state index >= 15 is 0 Å². The largest absolute Gasteiger partial charge is 0.490 e. The molecule has 4 rings (SSSR count). The van der Waals surface area contributed by atoms with Gasteiger partial charge in [-0.15, -0.1) is 0 Å². The van der Waals surface area contributed by atoms with Gasteiger partial charge in [0.15, 0.2) is 5.76 Å². The number of carbonyl (C=O) groups is 1. The Kier molecular flexibility index (Phi) is 3.37. The fourth-order valence-electron chi connectivity index (χ4n) is 3.18. The van der Waals surface area contributed by atoms with Gasteiger partial charge in [0.25, 0.3) is 5.91 Å². The van der Waals surface area contributed by atoms with Crippen LogP contribution in [0.15, 0.2) is 45.8 Å². The Hall–Kier alpha value is -3.02. The number of benzene rings is 1. The Bertz CT molecular complexity index is 986. The van der Waals surface area contributed by atoms with Gasteiger partial charge in [-0.1, -0.05) is 18.2 Å². The van der Waals surface area contributed by atoms with Crippen molar-refractivity contribution in [3.63, 3.8) is 0 Å². The monoisotopic (exact) mass is 324 g/mol. The lowest BCUT2D eigenvalue weighted by atomic mass is 10.0. The Balaban J connectivity index is 1.63. The summed E-state index contributed by atoms with van der Waals surface area (Å²) in [5, 5.41) is 1.20. The molecule has 0 atom stereocenters. The summed E-state index contributed by atoms with van der Waals surface area (Å²) in [6.07, 6.45) is 1.94. The van der Waals surface area contributed by atoms with Crippen LogP contribution < -0.4 is 10.2 Å². The van der Waals surface area contributed by atoms with Crippen LogP contribution in [-0.2, 0) is 13.0 Å². The highest BCUT2D eigenvalue weighted by Crippen LogP contribution is 2.28. The maximum Gasteiger partial charge on any atom is 0.290 e. The van der Waals surface area contributed by atoms with Crippen molar-refractivity contribution in [2.45, 2.75) is 13.0 Å². The van der Waals surface area contributed by atoms with E-state index in [1.165, 1.54) is 30.4 Å². The summed E-state index contributed by atoms with van der Waals surface area (Å²) in [6.45, 7) is 1.06. The molecule has 1 amide bonds. The van der Waals surface area contributed by atoms with Crippen molar-refractivity contribution in [3.8, 4) is 5.75 Å². The summed E-state index contributed by atoms with van der Waals surface area (Å²) in [4.78, 5) is 29.5. The molecule has 6 heteroatoms. The Morgan fingerprint density at radius 3 is 2.96 bits per heavy atom. The van der Waals surface area contributed by atoms with Gasteiger partial charge < -0.3 is 19.0 Å². The van der Waals surface area contributed by atoms with E-state index < -0.39 is 0 Å². The van der Waals surface area contributed by atoms with Crippen molar-refractivity contribution < 1.29 is 13.9 Å². The number of nitrogens with zero attached hydrogens (tertiary/aromatic N) is 1. The highest BCUT2D eigenvalue weighted by molar-refractivity contribution is 5.92. The van der Waals surface area contributed by atoms with Gasteiger partial charge in [-0.05, 0) is 18.1 Å². The van der Waals surface area contributed by atoms with Gasteiger partial charge in [-0.25, -0.2) is 0 Å². The molecule has 3 aromatic rings. The summed E-state index contributed by atoms with van der Waals surface area (Å²) >= 11 is 0. The van der Waals surface area contributed by atoms with Crippen LogP contribution in [0.4, 0.5) is 0 Å². The molecule has 122 valence electrons. The van der Waals surface area contributed by atoms with Gasteiger partial charge >= 0.3 is 0 Å². The standard InChI is InChI=1S/C18H16N2O4/c1-23-17-10-24-16(8-15(17)21)18(22)20-7-6-12-11-4-2-3-5-13(11)19-14(12)9-20/h2-5,8,10,19H,6-7,9H2,1H3. The van der Waals surface area contributed by atoms with E-state index in [9.17, 15) is 9.59 Å². The topological polar surface area (TPSA) is 75.5 Å². The van der Waals surface area contributed by atoms with Gasteiger partial charge in [0.2, 0.25) is 11.2 Å². The fourth-order valence-corrected chi connectivity index (χ4v) is 3.18. The van der Waals surface area contributed by atoms with Crippen molar-refractivity contribution in [1.29, 1.82) is 0 Å². The molecular formula is C18H16N2O4. The molecule has 1 aliphatic rings. The molecule has 0 saturated heterocycles. The summed E-state index contributed by atoms with van der Waals surface area (Å²) in [7, 11) is 1.38. The van der Waals surface area contributed by atoms with Crippen LogP contribution in [0.3, 0.4) is 0 Å². The highest BCUT2D eigenvalue weighted by atomic mass is 16.5. The lowest BCUT2D eigenvalue weighted by molar-refractivity contribution is 0.0697. The number of fused-ring (bicyclic) bond motifs is 3. The molecule has 6 nitrogen and oxygen atoms in total. The molecule has 24 heavy (non-hydrogen) atoms. The molecule has 1 N–H and O–H groups in total. The van der Waals surface area contributed by atoms with Crippen molar-refractivity contribution in [3.05, 3.63) is 63.8 Å². The van der Waals surface area contributed by atoms with Crippen LogP contribution >= 0.6 is 0 Å². The summed E-state index contributed by atoms with van der Waals surface area (Å²) in [6, 6.07) is 9.30. The van der Waals surface area contributed by atoms with Crippen molar-refractivity contribution in [2.75, 3.05) is 13.7 Å². The number of methoxy groups -OCH3 is 1. The lowest BCUT2D eigenvalue weighted by Gasteiger charge is -2.26. The van der Waals surface area contributed by atoms with Gasteiger partial charge in [0, 0.05) is 29.2 Å². The molecule has 0 saturated carbocycles. The molecular weight excluding hydrogens is 308 g/mol. The van der Waals surface area contributed by atoms with Crippen molar-refractivity contribution in [1.82, 2.24) is 9.88 Å². The first kappa shape index (κ1) is 14.6.